The Morgan fingerprint density at radius 3 is 2.67 bits per heavy atom. The Bertz CT molecular complexity index is 536. The van der Waals surface area contributed by atoms with Gasteiger partial charge in [0.2, 0.25) is 0 Å². The van der Waals surface area contributed by atoms with Crippen molar-refractivity contribution in [3.05, 3.63) is 57.7 Å². The van der Waals surface area contributed by atoms with Gasteiger partial charge in [0.25, 0.3) is 0 Å². The molecule has 1 heterocycles. The molecule has 0 spiro atoms. The average molecular weight is 350 g/mol. The molecule has 0 aliphatic carbocycles. The van der Waals surface area contributed by atoms with Crippen LogP contribution in [-0.4, -0.2) is 13.1 Å². The van der Waals surface area contributed by atoms with Crippen molar-refractivity contribution in [2.24, 2.45) is 0 Å². The molecule has 0 bridgehead atoms. The van der Waals surface area contributed by atoms with E-state index in [1.165, 1.54) is 20.5 Å². The van der Waals surface area contributed by atoms with Gasteiger partial charge in [-0.1, -0.05) is 24.3 Å². The Balaban J connectivity index is 1.84. The highest BCUT2D eigenvalue weighted by Crippen LogP contribution is 2.29. The Labute approximate surface area is 121 Å². The number of nitrogens with zero attached hydrogens (tertiary/aromatic N) is 1. The zero-order chi connectivity index (χ0) is 12.4. The highest BCUT2D eigenvalue weighted by Gasteiger charge is 2.15. The van der Waals surface area contributed by atoms with Gasteiger partial charge in [0.05, 0.1) is 11.4 Å². The Morgan fingerprint density at radius 2 is 1.83 bits per heavy atom. The van der Waals surface area contributed by atoms with Crippen LogP contribution in [0.1, 0.15) is 5.56 Å². The quantitative estimate of drug-likeness (QED) is 0.831. The third-order valence-electron chi connectivity index (χ3n) is 3.23. The molecule has 0 amide bonds. The standard InChI is InChI=1S/C15H15IN2/c16-13-7-5-12(6-8-13)11-18-10-9-17-14-3-1-2-4-15(14)18/h1-8,17H,9-11H2. The number of hydrogen-bond acceptors (Lipinski definition) is 2. The van der Waals surface area contributed by atoms with Crippen LogP contribution in [0, 0.1) is 3.57 Å². The second kappa shape index (κ2) is 5.18. The summed E-state index contributed by atoms with van der Waals surface area (Å²) in [5.74, 6) is 0. The maximum atomic E-state index is 3.44. The number of para-hydroxylation sites is 2. The summed E-state index contributed by atoms with van der Waals surface area (Å²) in [4.78, 5) is 2.44. The molecule has 0 atom stereocenters. The number of rotatable bonds is 2. The highest BCUT2D eigenvalue weighted by atomic mass is 127. The summed E-state index contributed by atoms with van der Waals surface area (Å²) < 4.78 is 1.29. The van der Waals surface area contributed by atoms with Crippen LogP contribution in [0.4, 0.5) is 11.4 Å². The number of halogens is 1. The molecule has 0 unspecified atom stereocenters. The summed E-state index contributed by atoms with van der Waals surface area (Å²) in [6.07, 6.45) is 0. The molecule has 0 saturated heterocycles. The normalized spacial score (nSPS) is 13.9. The van der Waals surface area contributed by atoms with Crippen LogP contribution in [0.15, 0.2) is 48.5 Å². The van der Waals surface area contributed by atoms with Crippen molar-refractivity contribution in [3.63, 3.8) is 0 Å². The third-order valence-corrected chi connectivity index (χ3v) is 3.95. The van der Waals surface area contributed by atoms with Crippen LogP contribution in [0.5, 0.6) is 0 Å². The van der Waals surface area contributed by atoms with Crippen LogP contribution in [0.3, 0.4) is 0 Å². The second-order valence-corrected chi connectivity index (χ2v) is 5.74. The van der Waals surface area contributed by atoms with Gasteiger partial charge in [0.15, 0.2) is 0 Å². The molecule has 1 aliphatic rings. The molecule has 1 N–H and O–H groups in total. The number of fused-ring (bicyclic) bond motifs is 1. The average Bonchev–Trinajstić information content (AvgIpc) is 2.42. The first-order chi connectivity index (χ1) is 8.83. The van der Waals surface area contributed by atoms with Crippen molar-refractivity contribution >= 4 is 34.0 Å². The monoisotopic (exact) mass is 350 g/mol. The van der Waals surface area contributed by atoms with Gasteiger partial charge in [0, 0.05) is 23.2 Å². The molecule has 2 aromatic carbocycles. The Hall–Kier alpha value is -1.23. The molecule has 0 aromatic heterocycles. The lowest BCUT2D eigenvalue weighted by molar-refractivity contribution is 0.787. The van der Waals surface area contributed by atoms with Gasteiger partial charge in [-0.25, -0.2) is 0 Å². The first-order valence-electron chi connectivity index (χ1n) is 6.15. The summed E-state index contributed by atoms with van der Waals surface area (Å²) in [6, 6.07) is 17.3. The number of benzene rings is 2. The number of nitrogens with one attached hydrogen (secondary N) is 1. The van der Waals surface area contributed by atoms with E-state index in [-0.39, 0.29) is 0 Å². The smallest absolute Gasteiger partial charge is 0.0605 e. The van der Waals surface area contributed by atoms with Crippen molar-refractivity contribution in [1.29, 1.82) is 0 Å². The summed E-state index contributed by atoms with van der Waals surface area (Å²) >= 11 is 2.34. The number of hydrogen-bond donors (Lipinski definition) is 1. The van der Waals surface area contributed by atoms with Crippen molar-refractivity contribution in [3.8, 4) is 0 Å². The third kappa shape index (κ3) is 2.46. The minimum Gasteiger partial charge on any atom is -0.382 e. The van der Waals surface area contributed by atoms with E-state index in [4.69, 9.17) is 0 Å². The SMILES string of the molecule is Ic1ccc(CN2CCNc3ccccc32)cc1. The molecular formula is C15H15IN2. The number of anilines is 2. The van der Waals surface area contributed by atoms with Gasteiger partial charge < -0.3 is 10.2 Å². The molecular weight excluding hydrogens is 335 g/mol. The molecule has 3 rings (SSSR count). The molecule has 2 nitrogen and oxygen atoms in total. The maximum absolute atomic E-state index is 3.44. The maximum Gasteiger partial charge on any atom is 0.0605 e. The van der Waals surface area contributed by atoms with Crippen LogP contribution in [-0.2, 0) is 6.54 Å². The fourth-order valence-electron chi connectivity index (χ4n) is 2.32. The fraction of sp³-hybridized carbons (Fsp3) is 0.200. The van der Waals surface area contributed by atoms with E-state index >= 15 is 0 Å². The highest BCUT2D eigenvalue weighted by molar-refractivity contribution is 14.1. The topological polar surface area (TPSA) is 15.3 Å². The lowest BCUT2D eigenvalue weighted by Crippen LogP contribution is -2.33. The van der Waals surface area contributed by atoms with E-state index in [2.05, 4.69) is 81.3 Å². The van der Waals surface area contributed by atoms with Crippen LogP contribution >= 0.6 is 22.6 Å². The Kier molecular flexibility index (Phi) is 3.41. The first kappa shape index (κ1) is 11.8. The minimum absolute atomic E-state index is 0.982. The van der Waals surface area contributed by atoms with E-state index in [0.29, 0.717) is 0 Å². The van der Waals surface area contributed by atoms with Gasteiger partial charge in [-0.15, -0.1) is 0 Å². The first-order valence-corrected chi connectivity index (χ1v) is 7.23. The zero-order valence-electron chi connectivity index (χ0n) is 10.1. The summed E-state index contributed by atoms with van der Waals surface area (Å²) in [5, 5.41) is 3.44. The zero-order valence-corrected chi connectivity index (χ0v) is 12.2. The summed E-state index contributed by atoms with van der Waals surface area (Å²) in [7, 11) is 0. The summed E-state index contributed by atoms with van der Waals surface area (Å²) in [5.41, 5.74) is 3.92. The molecule has 1 aliphatic heterocycles. The van der Waals surface area contributed by atoms with Crippen molar-refractivity contribution in [2.45, 2.75) is 6.54 Å². The lowest BCUT2D eigenvalue weighted by atomic mass is 10.1. The predicted molar refractivity (Wildman–Crippen MR) is 85.1 cm³/mol. The summed E-state index contributed by atoms with van der Waals surface area (Å²) in [6.45, 7) is 3.06. The second-order valence-electron chi connectivity index (χ2n) is 4.49. The van der Waals surface area contributed by atoms with Gasteiger partial charge in [-0.2, -0.15) is 0 Å². The van der Waals surface area contributed by atoms with E-state index in [9.17, 15) is 0 Å². The molecule has 0 saturated carbocycles. The van der Waals surface area contributed by atoms with Gasteiger partial charge in [-0.05, 0) is 52.4 Å². The molecule has 0 fully saturated rings. The van der Waals surface area contributed by atoms with Crippen molar-refractivity contribution in [1.82, 2.24) is 0 Å². The fourth-order valence-corrected chi connectivity index (χ4v) is 2.68. The van der Waals surface area contributed by atoms with Crippen LogP contribution in [0.2, 0.25) is 0 Å². The minimum atomic E-state index is 0.982. The van der Waals surface area contributed by atoms with Gasteiger partial charge in [0.1, 0.15) is 0 Å². The molecule has 2 aromatic rings. The molecule has 18 heavy (non-hydrogen) atoms. The van der Waals surface area contributed by atoms with Crippen molar-refractivity contribution < 1.29 is 0 Å². The van der Waals surface area contributed by atoms with Gasteiger partial charge in [-0.3, -0.25) is 0 Å². The van der Waals surface area contributed by atoms with Crippen LogP contribution < -0.4 is 10.2 Å². The Morgan fingerprint density at radius 1 is 1.06 bits per heavy atom. The molecule has 0 radical (unpaired) electrons. The van der Waals surface area contributed by atoms with E-state index in [1.54, 1.807) is 0 Å². The van der Waals surface area contributed by atoms with E-state index < -0.39 is 0 Å². The van der Waals surface area contributed by atoms with E-state index in [1.807, 2.05) is 0 Å². The molecule has 92 valence electrons. The largest absolute Gasteiger partial charge is 0.382 e. The van der Waals surface area contributed by atoms with Crippen molar-refractivity contribution in [2.75, 3.05) is 23.3 Å². The molecule has 3 heteroatoms. The van der Waals surface area contributed by atoms with E-state index in [0.717, 1.165) is 19.6 Å². The predicted octanol–water partition coefficient (Wildman–Crippen LogP) is 3.72. The van der Waals surface area contributed by atoms with Gasteiger partial charge >= 0.3 is 0 Å². The lowest BCUT2D eigenvalue weighted by Gasteiger charge is -2.32. The van der Waals surface area contributed by atoms with Crippen LogP contribution in [0.25, 0.3) is 0 Å².